The van der Waals surface area contributed by atoms with E-state index in [-0.39, 0.29) is 11.3 Å². The van der Waals surface area contributed by atoms with Crippen LogP contribution in [-0.4, -0.2) is 28.5 Å². The number of anilines is 1. The lowest BCUT2D eigenvalue weighted by atomic mass is 10.2. The molecule has 0 aromatic carbocycles. The number of hydrogen-bond donors (Lipinski definition) is 3. The van der Waals surface area contributed by atoms with Gasteiger partial charge < -0.3 is 16.2 Å². The molecule has 0 aliphatic carbocycles. The number of pyridine rings is 1. The first-order valence-corrected chi connectivity index (χ1v) is 3.80. The monoisotopic (exact) mass is 195 g/mol. The van der Waals surface area contributed by atoms with Crippen LogP contribution in [0.5, 0.6) is 0 Å². The van der Waals surface area contributed by atoms with Gasteiger partial charge in [-0.2, -0.15) is 0 Å². The van der Waals surface area contributed by atoms with Gasteiger partial charge in [-0.1, -0.05) is 0 Å². The fraction of sp³-hybridized carbons (Fsp3) is 0.125. The molecular weight excluding hydrogens is 186 g/mol. The summed E-state index contributed by atoms with van der Waals surface area (Å²) in [6, 6.07) is 1.47. The lowest BCUT2D eigenvalue weighted by Gasteiger charge is -2.03. The number of aliphatic carboxylic acids is 1. The molecule has 0 bridgehead atoms. The van der Waals surface area contributed by atoms with Crippen LogP contribution >= 0.6 is 0 Å². The van der Waals surface area contributed by atoms with Crippen LogP contribution < -0.4 is 11.1 Å². The van der Waals surface area contributed by atoms with Gasteiger partial charge in [0, 0.05) is 18.1 Å². The second kappa shape index (κ2) is 4.22. The van der Waals surface area contributed by atoms with Crippen molar-refractivity contribution in [3.63, 3.8) is 0 Å². The number of nitrogens with two attached hydrogens (primary N) is 1. The van der Waals surface area contributed by atoms with E-state index in [0.717, 1.165) is 0 Å². The number of nitrogens with one attached hydrogen (secondary N) is 1. The average Bonchev–Trinajstić information content (AvgIpc) is 2.15. The second-order valence-electron chi connectivity index (χ2n) is 2.54. The van der Waals surface area contributed by atoms with Gasteiger partial charge in [-0.05, 0) is 6.07 Å². The van der Waals surface area contributed by atoms with Gasteiger partial charge in [0.15, 0.2) is 0 Å². The van der Waals surface area contributed by atoms with Crippen molar-refractivity contribution in [2.45, 2.75) is 0 Å². The number of rotatable bonds is 3. The maximum Gasteiger partial charge on any atom is 0.322 e. The van der Waals surface area contributed by atoms with Crippen molar-refractivity contribution in [3.05, 3.63) is 24.0 Å². The van der Waals surface area contributed by atoms with Gasteiger partial charge in [0.25, 0.3) is 5.91 Å². The molecule has 0 saturated heterocycles. The Bertz CT molecular complexity index is 365. The Balaban J connectivity index is 2.70. The van der Waals surface area contributed by atoms with E-state index in [2.05, 4.69) is 10.3 Å². The van der Waals surface area contributed by atoms with E-state index in [0.29, 0.717) is 0 Å². The number of aromatic nitrogens is 1. The van der Waals surface area contributed by atoms with Gasteiger partial charge >= 0.3 is 5.97 Å². The van der Waals surface area contributed by atoms with Crippen molar-refractivity contribution in [3.8, 4) is 0 Å². The highest BCUT2D eigenvalue weighted by Crippen LogP contribution is 2.07. The number of amides is 1. The number of nitrogen functional groups attached to an aromatic ring is 1. The largest absolute Gasteiger partial charge is 0.480 e. The molecule has 6 heteroatoms. The van der Waals surface area contributed by atoms with Crippen LogP contribution in [0, 0.1) is 0 Å². The van der Waals surface area contributed by atoms with E-state index in [1.807, 2.05) is 0 Å². The van der Waals surface area contributed by atoms with Crippen molar-refractivity contribution in [2.24, 2.45) is 0 Å². The Hall–Kier alpha value is -2.11. The van der Waals surface area contributed by atoms with E-state index >= 15 is 0 Å². The molecule has 0 spiro atoms. The third-order valence-electron chi connectivity index (χ3n) is 1.50. The third kappa shape index (κ3) is 2.44. The molecule has 0 unspecified atom stereocenters. The zero-order valence-electron chi connectivity index (χ0n) is 7.23. The second-order valence-corrected chi connectivity index (χ2v) is 2.54. The molecule has 0 aliphatic heterocycles. The lowest BCUT2D eigenvalue weighted by Crippen LogP contribution is -2.29. The van der Waals surface area contributed by atoms with Gasteiger partial charge in [0.05, 0.1) is 5.56 Å². The van der Waals surface area contributed by atoms with Crippen molar-refractivity contribution in [2.75, 3.05) is 12.3 Å². The maximum atomic E-state index is 11.3. The minimum Gasteiger partial charge on any atom is -0.480 e. The summed E-state index contributed by atoms with van der Waals surface area (Å²) in [7, 11) is 0. The topological polar surface area (TPSA) is 105 Å². The zero-order valence-corrected chi connectivity index (χ0v) is 7.23. The Kier molecular flexibility index (Phi) is 3.01. The molecule has 1 amide bonds. The SMILES string of the molecule is Nc1ccncc1C(=O)NCC(=O)O. The predicted molar refractivity (Wildman–Crippen MR) is 48.6 cm³/mol. The number of carbonyl (C=O) groups is 2. The number of nitrogens with zero attached hydrogens (tertiary/aromatic N) is 1. The fourth-order valence-corrected chi connectivity index (χ4v) is 0.846. The molecule has 0 radical (unpaired) electrons. The summed E-state index contributed by atoms with van der Waals surface area (Å²) in [5.74, 6) is -1.65. The van der Waals surface area contributed by atoms with E-state index in [4.69, 9.17) is 10.8 Å². The van der Waals surface area contributed by atoms with Gasteiger partial charge in [-0.15, -0.1) is 0 Å². The van der Waals surface area contributed by atoms with E-state index in [1.165, 1.54) is 18.5 Å². The number of hydrogen-bond acceptors (Lipinski definition) is 4. The van der Waals surface area contributed by atoms with Gasteiger partial charge in [0.1, 0.15) is 6.54 Å². The zero-order chi connectivity index (χ0) is 10.6. The Morgan fingerprint density at radius 1 is 1.57 bits per heavy atom. The first-order chi connectivity index (χ1) is 6.61. The molecule has 4 N–H and O–H groups in total. The van der Waals surface area contributed by atoms with Crippen LogP contribution in [0.25, 0.3) is 0 Å². The van der Waals surface area contributed by atoms with Crippen LogP contribution in [0.2, 0.25) is 0 Å². The van der Waals surface area contributed by atoms with Crippen LogP contribution in [0.1, 0.15) is 10.4 Å². The minimum absolute atomic E-state index is 0.175. The summed E-state index contributed by atoms with van der Waals surface area (Å²) >= 11 is 0. The summed E-state index contributed by atoms with van der Waals surface area (Å²) in [4.78, 5) is 25.1. The quantitative estimate of drug-likeness (QED) is 0.601. The summed E-state index contributed by atoms with van der Waals surface area (Å²) in [6.45, 7) is -0.437. The summed E-state index contributed by atoms with van der Waals surface area (Å²) in [6.07, 6.45) is 2.73. The predicted octanol–water partition coefficient (Wildman–Crippen LogP) is -0.522. The van der Waals surface area contributed by atoms with Crippen molar-refractivity contribution in [1.29, 1.82) is 0 Å². The molecule has 0 fully saturated rings. The molecule has 1 aromatic rings. The highest BCUT2D eigenvalue weighted by molar-refractivity contribution is 5.99. The van der Waals surface area contributed by atoms with Gasteiger partial charge in [-0.3, -0.25) is 14.6 Å². The third-order valence-corrected chi connectivity index (χ3v) is 1.50. The van der Waals surface area contributed by atoms with Crippen molar-refractivity contribution in [1.82, 2.24) is 10.3 Å². The molecule has 74 valence electrons. The van der Waals surface area contributed by atoms with Gasteiger partial charge in [-0.25, -0.2) is 0 Å². The standard InChI is InChI=1S/C8H9N3O3/c9-6-1-2-10-3-5(6)8(14)11-4-7(12)13/h1-3H,4H2,(H2,9,10)(H,11,14)(H,12,13). The summed E-state index contributed by atoms with van der Waals surface area (Å²) in [5.41, 5.74) is 5.92. The first kappa shape index (κ1) is 9.97. The van der Waals surface area contributed by atoms with E-state index in [9.17, 15) is 9.59 Å². The smallest absolute Gasteiger partial charge is 0.322 e. The molecule has 0 saturated carbocycles. The molecule has 14 heavy (non-hydrogen) atoms. The highest BCUT2D eigenvalue weighted by Gasteiger charge is 2.09. The average molecular weight is 195 g/mol. The minimum atomic E-state index is -1.11. The van der Waals surface area contributed by atoms with Gasteiger partial charge in [0.2, 0.25) is 0 Å². The molecular formula is C8H9N3O3. The highest BCUT2D eigenvalue weighted by atomic mass is 16.4. The van der Waals surface area contributed by atoms with Crippen LogP contribution in [0.3, 0.4) is 0 Å². The molecule has 0 aliphatic rings. The molecule has 0 atom stereocenters. The van der Waals surface area contributed by atoms with Crippen LogP contribution in [0.15, 0.2) is 18.5 Å². The molecule has 1 aromatic heterocycles. The van der Waals surface area contributed by atoms with Crippen LogP contribution in [-0.2, 0) is 4.79 Å². The summed E-state index contributed by atoms with van der Waals surface area (Å²) in [5, 5.41) is 10.5. The molecule has 1 heterocycles. The summed E-state index contributed by atoms with van der Waals surface area (Å²) < 4.78 is 0. The molecule has 1 rings (SSSR count). The number of carbonyl (C=O) groups excluding carboxylic acids is 1. The van der Waals surface area contributed by atoms with Crippen molar-refractivity contribution < 1.29 is 14.7 Å². The fourth-order valence-electron chi connectivity index (χ4n) is 0.846. The van der Waals surface area contributed by atoms with Crippen molar-refractivity contribution >= 4 is 17.6 Å². The maximum absolute atomic E-state index is 11.3. The van der Waals surface area contributed by atoms with E-state index in [1.54, 1.807) is 0 Å². The van der Waals surface area contributed by atoms with Crippen LogP contribution in [0.4, 0.5) is 5.69 Å². The Morgan fingerprint density at radius 2 is 2.29 bits per heavy atom. The van der Waals surface area contributed by atoms with E-state index < -0.39 is 18.4 Å². The number of carboxylic acids is 1. The Labute approximate surface area is 79.8 Å². The molecule has 6 nitrogen and oxygen atoms in total. The number of carboxylic acid groups (broad SMARTS) is 1. The Morgan fingerprint density at radius 3 is 2.86 bits per heavy atom. The first-order valence-electron chi connectivity index (χ1n) is 3.80. The normalized spacial score (nSPS) is 9.43. The lowest BCUT2D eigenvalue weighted by molar-refractivity contribution is -0.135.